The number of thiazole rings is 1. The van der Waals surface area contributed by atoms with E-state index in [9.17, 15) is 8.78 Å². The largest absolute Gasteiger partial charge is 0.328 e. The first-order valence-electron chi connectivity index (χ1n) is 3.98. The normalized spacial score (nSPS) is 14.5. The third-order valence-electron chi connectivity index (χ3n) is 1.50. The Hall–Kier alpha value is -0.550. The number of nitrogens with zero attached hydrogens (tertiary/aromatic N) is 1. The van der Waals surface area contributed by atoms with Crippen molar-refractivity contribution in [3.63, 3.8) is 0 Å². The lowest BCUT2D eigenvalue weighted by molar-refractivity contribution is 0.0132. The lowest BCUT2D eigenvalue weighted by Crippen LogP contribution is -2.18. The molecule has 13 heavy (non-hydrogen) atoms. The highest BCUT2D eigenvalue weighted by Crippen LogP contribution is 2.28. The Kier molecular flexibility index (Phi) is 2.98. The number of hydrogen-bond acceptors (Lipinski definition) is 3. The molecule has 0 saturated carbocycles. The van der Waals surface area contributed by atoms with Crippen LogP contribution in [0.1, 0.15) is 24.5 Å². The van der Waals surface area contributed by atoms with Crippen LogP contribution in [-0.2, 0) is 12.3 Å². The first-order valence-corrected chi connectivity index (χ1v) is 4.86. The summed E-state index contributed by atoms with van der Waals surface area (Å²) in [6.07, 6.45) is 0.556. The number of hydrogen-bond donors (Lipinski definition) is 1. The predicted octanol–water partition coefficient (Wildman–Crippen LogP) is 2.14. The molecule has 2 N–H and O–H groups in total. The maximum absolute atomic E-state index is 12.7. The van der Waals surface area contributed by atoms with Gasteiger partial charge in [-0.05, 0) is 6.92 Å². The zero-order chi connectivity index (χ0) is 10.1. The van der Waals surface area contributed by atoms with Gasteiger partial charge in [-0.2, -0.15) is 8.78 Å². The summed E-state index contributed by atoms with van der Waals surface area (Å²) in [4.78, 5) is 3.81. The van der Waals surface area contributed by atoms with Crippen molar-refractivity contribution in [2.75, 3.05) is 0 Å². The predicted molar refractivity (Wildman–Crippen MR) is 49.0 cm³/mol. The summed E-state index contributed by atoms with van der Waals surface area (Å²) in [6, 6.07) is -0.0375. The molecule has 1 heterocycles. The summed E-state index contributed by atoms with van der Waals surface area (Å²) in [6.45, 7) is 2.67. The number of aromatic nitrogens is 1. The van der Waals surface area contributed by atoms with Gasteiger partial charge in [-0.1, -0.05) is 0 Å². The fraction of sp³-hybridized carbons (Fsp3) is 0.625. The van der Waals surface area contributed by atoms with E-state index in [0.29, 0.717) is 11.4 Å². The van der Waals surface area contributed by atoms with E-state index in [2.05, 4.69) is 4.98 Å². The Bertz CT molecular complexity index is 278. The standard InChI is InChI=1S/C8H12F2N2S/c1-5(11)3-7-12-6(4-13-7)8(2,9)10/h4-5H,3,11H2,1-2H3. The van der Waals surface area contributed by atoms with Crippen molar-refractivity contribution in [2.45, 2.75) is 32.2 Å². The van der Waals surface area contributed by atoms with Gasteiger partial charge in [-0.25, -0.2) is 4.98 Å². The van der Waals surface area contributed by atoms with Crippen molar-refractivity contribution in [2.24, 2.45) is 5.73 Å². The van der Waals surface area contributed by atoms with Crippen LogP contribution < -0.4 is 5.73 Å². The molecule has 1 atom stereocenters. The van der Waals surface area contributed by atoms with Crippen molar-refractivity contribution in [1.82, 2.24) is 4.98 Å². The average Bonchev–Trinajstić information content (AvgIpc) is 2.32. The van der Waals surface area contributed by atoms with Crippen molar-refractivity contribution in [3.8, 4) is 0 Å². The van der Waals surface area contributed by atoms with Gasteiger partial charge in [-0.15, -0.1) is 11.3 Å². The van der Waals surface area contributed by atoms with Crippen molar-refractivity contribution in [3.05, 3.63) is 16.1 Å². The highest BCUT2D eigenvalue weighted by atomic mass is 32.1. The fourth-order valence-corrected chi connectivity index (χ4v) is 1.90. The molecule has 0 aliphatic carbocycles. The van der Waals surface area contributed by atoms with Gasteiger partial charge in [0, 0.05) is 24.8 Å². The molecule has 1 aromatic heterocycles. The van der Waals surface area contributed by atoms with E-state index in [4.69, 9.17) is 5.73 Å². The van der Waals surface area contributed by atoms with Crippen molar-refractivity contribution in [1.29, 1.82) is 0 Å². The van der Waals surface area contributed by atoms with Crippen LogP contribution in [0, 0.1) is 0 Å². The monoisotopic (exact) mass is 206 g/mol. The van der Waals surface area contributed by atoms with Crippen LogP contribution in [0.5, 0.6) is 0 Å². The van der Waals surface area contributed by atoms with Gasteiger partial charge in [0.2, 0.25) is 0 Å². The molecule has 0 aliphatic heterocycles. The van der Waals surface area contributed by atoms with Gasteiger partial charge in [0.25, 0.3) is 5.92 Å². The maximum atomic E-state index is 12.7. The molecule has 0 radical (unpaired) electrons. The molecule has 2 nitrogen and oxygen atoms in total. The van der Waals surface area contributed by atoms with Gasteiger partial charge in [0.15, 0.2) is 0 Å². The Morgan fingerprint density at radius 3 is 2.69 bits per heavy atom. The number of nitrogens with two attached hydrogens (primary N) is 1. The highest BCUT2D eigenvalue weighted by molar-refractivity contribution is 7.09. The van der Waals surface area contributed by atoms with Gasteiger partial charge >= 0.3 is 0 Å². The van der Waals surface area contributed by atoms with Gasteiger partial charge in [-0.3, -0.25) is 0 Å². The quantitative estimate of drug-likeness (QED) is 0.823. The van der Waals surface area contributed by atoms with Crippen LogP contribution in [0.4, 0.5) is 8.78 Å². The molecular formula is C8H12F2N2S. The minimum Gasteiger partial charge on any atom is -0.328 e. The molecule has 0 bridgehead atoms. The van der Waals surface area contributed by atoms with Crippen LogP contribution in [0.2, 0.25) is 0 Å². The Balaban J connectivity index is 2.75. The second kappa shape index (κ2) is 3.67. The lowest BCUT2D eigenvalue weighted by Gasteiger charge is -2.05. The average molecular weight is 206 g/mol. The molecule has 0 saturated heterocycles. The van der Waals surface area contributed by atoms with Gasteiger partial charge in [0.05, 0.1) is 5.01 Å². The van der Waals surface area contributed by atoms with Crippen LogP contribution in [-0.4, -0.2) is 11.0 Å². The van der Waals surface area contributed by atoms with Crippen LogP contribution >= 0.6 is 11.3 Å². The number of rotatable bonds is 3. The number of alkyl halides is 2. The minimum atomic E-state index is -2.84. The van der Waals surface area contributed by atoms with Crippen LogP contribution in [0.15, 0.2) is 5.38 Å². The fourth-order valence-electron chi connectivity index (χ4n) is 0.882. The molecule has 0 spiro atoms. The minimum absolute atomic E-state index is 0.0375. The summed E-state index contributed by atoms with van der Waals surface area (Å²) < 4.78 is 25.4. The van der Waals surface area contributed by atoms with E-state index in [1.807, 2.05) is 6.92 Å². The number of halogens is 2. The lowest BCUT2D eigenvalue weighted by atomic mass is 10.2. The van der Waals surface area contributed by atoms with Crippen LogP contribution in [0.25, 0.3) is 0 Å². The van der Waals surface area contributed by atoms with E-state index in [-0.39, 0.29) is 11.7 Å². The zero-order valence-electron chi connectivity index (χ0n) is 7.55. The topological polar surface area (TPSA) is 38.9 Å². The first kappa shape index (κ1) is 10.5. The maximum Gasteiger partial charge on any atom is 0.287 e. The molecule has 0 aliphatic rings. The van der Waals surface area contributed by atoms with Gasteiger partial charge in [0.1, 0.15) is 5.69 Å². The van der Waals surface area contributed by atoms with E-state index in [1.54, 1.807) is 0 Å². The third-order valence-corrected chi connectivity index (χ3v) is 2.37. The third kappa shape index (κ3) is 3.00. The molecule has 0 amide bonds. The Morgan fingerprint density at radius 2 is 2.31 bits per heavy atom. The zero-order valence-corrected chi connectivity index (χ0v) is 8.37. The van der Waals surface area contributed by atoms with E-state index < -0.39 is 5.92 Å². The van der Waals surface area contributed by atoms with Crippen molar-refractivity contribution < 1.29 is 8.78 Å². The molecule has 0 aromatic carbocycles. The Labute approximate surface area is 79.8 Å². The molecule has 5 heteroatoms. The first-order chi connectivity index (χ1) is 5.89. The summed E-state index contributed by atoms with van der Waals surface area (Å²) in [5.41, 5.74) is 5.36. The SMILES string of the molecule is CC(N)Cc1nc(C(C)(F)F)cs1. The molecule has 0 fully saturated rings. The second-order valence-electron chi connectivity index (χ2n) is 3.20. The highest BCUT2D eigenvalue weighted by Gasteiger charge is 2.27. The molecule has 1 unspecified atom stereocenters. The molecule has 1 aromatic rings. The van der Waals surface area contributed by atoms with Crippen LogP contribution in [0.3, 0.4) is 0 Å². The van der Waals surface area contributed by atoms with E-state index in [0.717, 1.165) is 6.92 Å². The molecule has 74 valence electrons. The second-order valence-corrected chi connectivity index (χ2v) is 4.14. The smallest absolute Gasteiger partial charge is 0.287 e. The summed E-state index contributed by atoms with van der Waals surface area (Å²) in [5.74, 6) is -2.84. The molecule has 1 rings (SSSR count). The van der Waals surface area contributed by atoms with E-state index in [1.165, 1.54) is 16.7 Å². The molecular weight excluding hydrogens is 194 g/mol. The summed E-state index contributed by atoms with van der Waals surface area (Å²) >= 11 is 1.23. The summed E-state index contributed by atoms with van der Waals surface area (Å²) in [5, 5.41) is 2.06. The van der Waals surface area contributed by atoms with Crippen molar-refractivity contribution >= 4 is 11.3 Å². The summed E-state index contributed by atoms with van der Waals surface area (Å²) in [7, 11) is 0. The Morgan fingerprint density at radius 1 is 1.69 bits per heavy atom. The van der Waals surface area contributed by atoms with Gasteiger partial charge < -0.3 is 5.73 Å². The van der Waals surface area contributed by atoms with E-state index >= 15 is 0 Å².